The minimum absolute atomic E-state index is 0.0552. The first-order valence-electron chi connectivity index (χ1n) is 7.78. The molecular formula is C17H19F2N3O. The van der Waals surface area contributed by atoms with Gasteiger partial charge in [0.25, 0.3) is 0 Å². The zero-order chi connectivity index (χ0) is 16.4. The fraction of sp³-hybridized carbons (Fsp3) is 0.353. The number of rotatable bonds is 3. The maximum absolute atomic E-state index is 13.7. The third-order valence-corrected chi connectivity index (χ3v) is 4.16. The summed E-state index contributed by atoms with van der Waals surface area (Å²) in [6.45, 7) is 3.29. The smallest absolute Gasteiger partial charge is 0.322 e. The van der Waals surface area contributed by atoms with Gasteiger partial charge in [-0.05, 0) is 30.7 Å². The van der Waals surface area contributed by atoms with E-state index in [1.165, 1.54) is 0 Å². The van der Waals surface area contributed by atoms with E-state index in [0.29, 0.717) is 13.1 Å². The van der Waals surface area contributed by atoms with Crippen molar-refractivity contribution in [2.24, 2.45) is 0 Å². The fourth-order valence-electron chi connectivity index (χ4n) is 3.06. The zero-order valence-corrected chi connectivity index (χ0v) is 12.9. The molecule has 1 aromatic carbocycles. The van der Waals surface area contributed by atoms with Crippen LogP contribution in [0.3, 0.4) is 0 Å². The number of urea groups is 1. The Kier molecular flexibility index (Phi) is 4.32. The van der Waals surface area contributed by atoms with Gasteiger partial charge in [0.05, 0.1) is 11.7 Å². The number of aromatic nitrogens is 1. The van der Waals surface area contributed by atoms with Gasteiger partial charge in [-0.15, -0.1) is 0 Å². The van der Waals surface area contributed by atoms with E-state index in [-0.39, 0.29) is 11.7 Å². The minimum Gasteiger partial charge on any atom is -0.348 e. The molecule has 1 aliphatic rings. The second kappa shape index (κ2) is 6.40. The summed E-state index contributed by atoms with van der Waals surface area (Å²) in [6, 6.07) is 6.54. The average molecular weight is 319 g/mol. The summed E-state index contributed by atoms with van der Waals surface area (Å²) in [7, 11) is 0. The molecule has 2 heterocycles. The molecule has 0 saturated heterocycles. The van der Waals surface area contributed by atoms with Gasteiger partial charge in [-0.3, -0.25) is 0 Å². The average Bonchev–Trinajstić information content (AvgIpc) is 3.00. The number of hydrogen-bond acceptors (Lipinski definition) is 1. The normalized spacial score (nSPS) is 17.0. The Balaban J connectivity index is 1.82. The number of benzene rings is 1. The Hall–Kier alpha value is -2.37. The van der Waals surface area contributed by atoms with Crippen molar-refractivity contribution in [3.63, 3.8) is 0 Å². The number of nitrogens with one attached hydrogen (secondary N) is 1. The standard InChI is InChI=1S/C17H19F2N3O/c1-2-4-16-15-5-3-8-21(15)9-10-22(16)17(23)20-14-11-12(18)6-7-13(14)19/h3,5-8,11,16H,2,4,9-10H2,1H3,(H,20,23)/t16-/m1/s1. The van der Waals surface area contributed by atoms with E-state index in [1.807, 2.05) is 18.3 Å². The molecule has 23 heavy (non-hydrogen) atoms. The Morgan fingerprint density at radius 3 is 2.91 bits per heavy atom. The first-order valence-corrected chi connectivity index (χ1v) is 7.78. The summed E-state index contributed by atoms with van der Waals surface area (Å²) < 4.78 is 29.1. The van der Waals surface area contributed by atoms with Crippen LogP contribution in [0.5, 0.6) is 0 Å². The number of halogens is 2. The Morgan fingerprint density at radius 1 is 1.30 bits per heavy atom. The molecule has 122 valence electrons. The van der Waals surface area contributed by atoms with Crippen molar-refractivity contribution < 1.29 is 13.6 Å². The summed E-state index contributed by atoms with van der Waals surface area (Å²) >= 11 is 0. The molecule has 4 nitrogen and oxygen atoms in total. The molecular weight excluding hydrogens is 300 g/mol. The summed E-state index contributed by atoms with van der Waals surface area (Å²) in [5.41, 5.74) is 0.944. The Labute approximate surface area is 133 Å². The lowest BCUT2D eigenvalue weighted by atomic mass is 10.0. The molecule has 0 fully saturated rings. The van der Waals surface area contributed by atoms with Gasteiger partial charge in [-0.1, -0.05) is 13.3 Å². The molecule has 0 unspecified atom stereocenters. The van der Waals surface area contributed by atoms with E-state index in [4.69, 9.17) is 0 Å². The van der Waals surface area contributed by atoms with Crippen LogP contribution >= 0.6 is 0 Å². The van der Waals surface area contributed by atoms with Gasteiger partial charge in [0.15, 0.2) is 0 Å². The van der Waals surface area contributed by atoms with Gasteiger partial charge in [0.2, 0.25) is 0 Å². The van der Waals surface area contributed by atoms with E-state index < -0.39 is 17.7 Å². The summed E-state index contributed by atoms with van der Waals surface area (Å²) in [4.78, 5) is 14.3. The third-order valence-electron chi connectivity index (χ3n) is 4.16. The van der Waals surface area contributed by atoms with Crippen molar-refractivity contribution >= 4 is 11.7 Å². The van der Waals surface area contributed by atoms with Gasteiger partial charge in [-0.2, -0.15) is 0 Å². The Bertz CT molecular complexity index is 714. The second-order valence-electron chi connectivity index (χ2n) is 5.68. The third kappa shape index (κ3) is 3.06. The number of nitrogens with zero attached hydrogens (tertiary/aromatic N) is 2. The highest BCUT2D eigenvalue weighted by molar-refractivity contribution is 5.89. The van der Waals surface area contributed by atoms with Crippen molar-refractivity contribution in [3.05, 3.63) is 53.9 Å². The monoisotopic (exact) mass is 319 g/mol. The highest BCUT2D eigenvalue weighted by Crippen LogP contribution is 2.30. The van der Waals surface area contributed by atoms with Crippen LogP contribution in [0.25, 0.3) is 0 Å². The number of amides is 2. The number of carbonyl (C=O) groups excluding carboxylic acids is 1. The maximum atomic E-state index is 13.7. The van der Waals surface area contributed by atoms with E-state index in [1.54, 1.807) is 4.90 Å². The molecule has 0 spiro atoms. The van der Waals surface area contributed by atoms with Crippen LogP contribution in [0.4, 0.5) is 19.3 Å². The van der Waals surface area contributed by atoms with Crippen LogP contribution in [0.15, 0.2) is 36.5 Å². The predicted molar refractivity (Wildman–Crippen MR) is 84.2 cm³/mol. The van der Waals surface area contributed by atoms with Gasteiger partial charge in [0, 0.05) is 31.0 Å². The highest BCUT2D eigenvalue weighted by atomic mass is 19.1. The molecule has 0 radical (unpaired) electrons. The van der Waals surface area contributed by atoms with Crippen molar-refractivity contribution in [2.75, 3.05) is 11.9 Å². The molecule has 2 amide bonds. The van der Waals surface area contributed by atoms with Gasteiger partial charge < -0.3 is 14.8 Å². The molecule has 2 aromatic rings. The molecule has 1 N–H and O–H groups in total. The van der Waals surface area contributed by atoms with Crippen molar-refractivity contribution in [3.8, 4) is 0 Å². The molecule has 3 rings (SSSR count). The molecule has 0 bridgehead atoms. The van der Waals surface area contributed by atoms with Crippen LogP contribution in [-0.2, 0) is 6.54 Å². The second-order valence-corrected chi connectivity index (χ2v) is 5.68. The summed E-state index contributed by atoms with van der Waals surface area (Å²) in [5.74, 6) is -1.23. The molecule has 6 heteroatoms. The first-order chi connectivity index (χ1) is 11.1. The van der Waals surface area contributed by atoms with Gasteiger partial charge >= 0.3 is 6.03 Å². The summed E-state index contributed by atoms with van der Waals surface area (Å²) in [5, 5.41) is 2.49. The Morgan fingerprint density at radius 2 is 2.13 bits per heavy atom. The van der Waals surface area contributed by atoms with Crippen LogP contribution in [-0.4, -0.2) is 22.0 Å². The van der Waals surface area contributed by atoms with Crippen LogP contribution in [0, 0.1) is 11.6 Å². The lowest BCUT2D eigenvalue weighted by Crippen LogP contribution is -2.44. The van der Waals surface area contributed by atoms with E-state index in [2.05, 4.69) is 16.8 Å². The van der Waals surface area contributed by atoms with Crippen LogP contribution in [0.2, 0.25) is 0 Å². The van der Waals surface area contributed by atoms with Crippen LogP contribution in [0.1, 0.15) is 31.5 Å². The lowest BCUT2D eigenvalue weighted by Gasteiger charge is -2.37. The molecule has 0 aliphatic carbocycles. The topological polar surface area (TPSA) is 37.3 Å². The molecule has 0 saturated carbocycles. The van der Waals surface area contributed by atoms with Crippen LogP contribution < -0.4 is 5.32 Å². The molecule has 1 aromatic heterocycles. The number of fused-ring (bicyclic) bond motifs is 1. The quantitative estimate of drug-likeness (QED) is 0.906. The van der Waals surface area contributed by atoms with E-state index in [0.717, 1.165) is 36.7 Å². The first kappa shape index (κ1) is 15.5. The number of hydrogen-bond donors (Lipinski definition) is 1. The van der Waals surface area contributed by atoms with Gasteiger partial charge in [-0.25, -0.2) is 13.6 Å². The van der Waals surface area contributed by atoms with Crippen molar-refractivity contribution in [1.29, 1.82) is 0 Å². The predicted octanol–water partition coefficient (Wildman–Crippen LogP) is 4.16. The largest absolute Gasteiger partial charge is 0.348 e. The van der Waals surface area contributed by atoms with Crippen molar-refractivity contribution in [1.82, 2.24) is 9.47 Å². The summed E-state index contributed by atoms with van der Waals surface area (Å²) in [6.07, 6.45) is 3.75. The SMILES string of the molecule is CCC[C@@H]1c2cccn2CCN1C(=O)Nc1cc(F)ccc1F. The molecule has 1 aliphatic heterocycles. The lowest BCUT2D eigenvalue weighted by molar-refractivity contribution is 0.163. The number of anilines is 1. The van der Waals surface area contributed by atoms with Gasteiger partial charge in [0.1, 0.15) is 11.6 Å². The van der Waals surface area contributed by atoms with Crippen molar-refractivity contribution in [2.45, 2.75) is 32.4 Å². The molecule has 1 atom stereocenters. The van der Waals surface area contributed by atoms with E-state index in [9.17, 15) is 13.6 Å². The number of carbonyl (C=O) groups is 1. The maximum Gasteiger partial charge on any atom is 0.322 e. The fourth-order valence-corrected chi connectivity index (χ4v) is 3.06. The van der Waals surface area contributed by atoms with E-state index >= 15 is 0 Å². The zero-order valence-electron chi connectivity index (χ0n) is 12.9. The highest BCUT2D eigenvalue weighted by Gasteiger charge is 2.30. The minimum atomic E-state index is -0.646.